The number of carbonyl (C=O) groups excluding carboxylic acids is 3. The average molecular weight is 558 g/mol. The van der Waals surface area contributed by atoms with E-state index in [0.717, 1.165) is 22.0 Å². The van der Waals surface area contributed by atoms with Gasteiger partial charge in [0.25, 0.3) is 0 Å². The largest absolute Gasteiger partial charge is 0.480 e. The van der Waals surface area contributed by atoms with E-state index < -0.39 is 47.9 Å². The van der Waals surface area contributed by atoms with Crippen LogP contribution in [0.15, 0.2) is 60.8 Å². The topological polar surface area (TPSA) is 166 Å². The van der Waals surface area contributed by atoms with E-state index in [1.165, 1.54) is 0 Å². The number of hydrogen-bond donors (Lipinski definition) is 8. The fourth-order valence-corrected chi connectivity index (χ4v) is 4.30. The molecule has 0 radical (unpaired) electrons. The van der Waals surface area contributed by atoms with Gasteiger partial charge in [0.2, 0.25) is 17.7 Å². The lowest BCUT2D eigenvalue weighted by molar-refractivity contribution is -0.142. The molecule has 0 bridgehead atoms. The van der Waals surface area contributed by atoms with Crippen LogP contribution < -0.4 is 21.7 Å². The summed E-state index contributed by atoms with van der Waals surface area (Å²) in [7, 11) is 0. The van der Waals surface area contributed by atoms with Crippen molar-refractivity contribution in [3.8, 4) is 0 Å². The van der Waals surface area contributed by atoms with Crippen molar-refractivity contribution in [2.75, 3.05) is 11.5 Å². The van der Waals surface area contributed by atoms with Gasteiger partial charge in [0.1, 0.15) is 18.1 Å². The van der Waals surface area contributed by atoms with E-state index in [2.05, 4.69) is 46.2 Å². The van der Waals surface area contributed by atoms with Crippen LogP contribution in [0.3, 0.4) is 0 Å². The molecule has 0 aliphatic carbocycles. The average Bonchev–Trinajstić information content (AvgIpc) is 3.33. The Bertz CT molecular complexity index is 1270. The zero-order valence-electron chi connectivity index (χ0n) is 20.5. The lowest BCUT2D eigenvalue weighted by Gasteiger charge is -2.24. The SMILES string of the molecule is NC(CS)C(=O)NC(CS)C(=O)NC(Cc1ccccc1)C(=O)NC(Cc1c[nH]c2ccccc12)C(=O)O. The Morgan fingerprint density at radius 1 is 0.789 bits per heavy atom. The molecule has 0 fully saturated rings. The van der Waals surface area contributed by atoms with Crippen molar-refractivity contribution in [1.82, 2.24) is 20.9 Å². The number of hydrogen-bond acceptors (Lipinski definition) is 7. The number of para-hydroxylation sites is 1. The summed E-state index contributed by atoms with van der Waals surface area (Å²) in [6, 6.07) is 12.1. The Kier molecular flexibility index (Phi) is 10.6. The Labute approximate surface area is 230 Å². The quantitative estimate of drug-likeness (QED) is 0.144. The molecule has 2 aromatic carbocycles. The number of benzene rings is 2. The smallest absolute Gasteiger partial charge is 0.326 e. The Hall–Kier alpha value is -3.48. The molecule has 0 aliphatic rings. The third-order valence-corrected chi connectivity index (χ3v) is 6.74. The van der Waals surface area contributed by atoms with Crippen LogP contribution in [0, 0.1) is 0 Å². The number of aliphatic carboxylic acids is 1. The van der Waals surface area contributed by atoms with Crippen LogP contribution in [0.2, 0.25) is 0 Å². The van der Waals surface area contributed by atoms with Crippen LogP contribution in [0.1, 0.15) is 11.1 Å². The number of carboxylic acids is 1. The van der Waals surface area contributed by atoms with Gasteiger partial charge in [-0.3, -0.25) is 14.4 Å². The fourth-order valence-electron chi connectivity index (χ4n) is 3.88. The highest BCUT2D eigenvalue weighted by molar-refractivity contribution is 7.80. The van der Waals surface area contributed by atoms with Crippen LogP contribution in [0.5, 0.6) is 0 Å². The van der Waals surface area contributed by atoms with Gasteiger partial charge in [-0.1, -0.05) is 48.5 Å². The van der Waals surface area contributed by atoms with Crippen LogP contribution in [-0.2, 0) is 32.0 Å². The highest BCUT2D eigenvalue weighted by Crippen LogP contribution is 2.19. The second kappa shape index (κ2) is 13.9. The summed E-state index contributed by atoms with van der Waals surface area (Å²) in [6.45, 7) is 0. The van der Waals surface area contributed by atoms with E-state index in [1.807, 2.05) is 30.3 Å². The standard InChI is InChI=1S/C26H31N5O5S2/c27-18(13-37)23(32)31-22(14-38)25(34)29-20(10-15-6-2-1-3-7-15)24(33)30-21(26(35)36)11-16-12-28-19-9-5-4-8-17(16)19/h1-9,12,18,20-22,28,37-38H,10-11,13-14,27H2,(H,29,34)(H,30,33)(H,31,32)(H,35,36). The van der Waals surface area contributed by atoms with Gasteiger partial charge in [-0.15, -0.1) is 0 Å². The maximum absolute atomic E-state index is 13.3. The van der Waals surface area contributed by atoms with E-state index in [-0.39, 0.29) is 24.3 Å². The molecule has 10 nitrogen and oxygen atoms in total. The summed E-state index contributed by atoms with van der Waals surface area (Å²) in [5.74, 6) is -3.09. The van der Waals surface area contributed by atoms with Crippen molar-refractivity contribution in [2.24, 2.45) is 5.73 Å². The molecule has 202 valence electrons. The molecular formula is C26H31N5O5S2. The molecule has 38 heavy (non-hydrogen) atoms. The Morgan fingerprint density at radius 2 is 1.39 bits per heavy atom. The van der Waals surface area contributed by atoms with Crippen molar-refractivity contribution < 1.29 is 24.3 Å². The Balaban J connectivity index is 1.78. The summed E-state index contributed by atoms with van der Waals surface area (Å²) in [5.41, 5.74) is 8.01. The molecule has 3 aromatic rings. The lowest BCUT2D eigenvalue weighted by Crippen LogP contribution is -2.58. The normalized spacial score (nSPS) is 14.2. The third kappa shape index (κ3) is 7.76. The molecule has 3 amide bonds. The summed E-state index contributed by atoms with van der Waals surface area (Å²) >= 11 is 8.13. The minimum Gasteiger partial charge on any atom is -0.480 e. The summed E-state index contributed by atoms with van der Waals surface area (Å²) in [5, 5.41) is 18.4. The van der Waals surface area contributed by atoms with Gasteiger partial charge in [-0.25, -0.2) is 4.79 Å². The second-order valence-electron chi connectivity index (χ2n) is 8.75. The number of aromatic amines is 1. The van der Waals surface area contributed by atoms with Crippen molar-refractivity contribution in [3.05, 3.63) is 71.9 Å². The first-order valence-corrected chi connectivity index (χ1v) is 13.2. The van der Waals surface area contributed by atoms with Crippen LogP contribution in [0.25, 0.3) is 10.9 Å². The number of thiol groups is 2. The molecule has 4 unspecified atom stereocenters. The van der Waals surface area contributed by atoms with Crippen molar-refractivity contribution in [2.45, 2.75) is 37.0 Å². The van der Waals surface area contributed by atoms with E-state index in [9.17, 15) is 24.3 Å². The van der Waals surface area contributed by atoms with Gasteiger partial charge in [0, 0.05) is 41.4 Å². The molecule has 0 saturated carbocycles. The van der Waals surface area contributed by atoms with E-state index >= 15 is 0 Å². The maximum Gasteiger partial charge on any atom is 0.326 e. The molecule has 0 aliphatic heterocycles. The van der Waals surface area contributed by atoms with Crippen LogP contribution in [-0.4, -0.2) is 69.5 Å². The minimum absolute atomic E-state index is 0.0357. The van der Waals surface area contributed by atoms with Crippen LogP contribution >= 0.6 is 25.3 Å². The molecule has 1 heterocycles. The first-order chi connectivity index (χ1) is 18.2. The number of aromatic nitrogens is 1. The molecule has 0 spiro atoms. The van der Waals surface area contributed by atoms with Crippen LogP contribution in [0.4, 0.5) is 0 Å². The second-order valence-corrected chi connectivity index (χ2v) is 9.48. The summed E-state index contributed by atoms with van der Waals surface area (Å²) in [4.78, 5) is 53.7. The molecule has 12 heteroatoms. The summed E-state index contributed by atoms with van der Waals surface area (Å²) in [6.07, 6.45) is 1.85. The predicted molar refractivity (Wildman–Crippen MR) is 151 cm³/mol. The first-order valence-electron chi connectivity index (χ1n) is 11.9. The number of carbonyl (C=O) groups is 4. The lowest BCUT2D eigenvalue weighted by atomic mass is 10.0. The van der Waals surface area contributed by atoms with Gasteiger partial charge in [0.05, 0.1) is 6.04 Å². The number of fused-ring (bicyclic) bond motifs is 1. The first kappa shape index (κ1) is 29.1. The maximum atomic E-state index is 13.3. The van der Waals surface area contributed by atoms with E-state index in [4.69, 9.17) is 5.73 Å². The molecule has 4 atom stereocenters. The van der Waals surface area contributed by atoms with Crippen molar-refractivity contribution in [3.63, 3.8) is 0 Å². The zero-order chi connectivity index (χ0) is 27.7. The summed E-state index contributed by atoms with van der Waals surface area (Å²) < 4.78 is 0. The van der Waals surface area contributed by atoms with Gasteiger partial charge in [-0.2, -0.15) is 25.3 Å². The molecule has 0 saturated heterocycles. The monoisotopic (exact) mass is 557 g/mol. The number of nitrogens with two attached hydrogens (primary N) is 1. The number of nitrogens with one attached hydrogen (secondary N) is 4. The number of amides is 3. The van der Waals surface area contributed by atoms with E-state index in [0.29, 0.717) is 0 Å². The zero-order valence-corrected chi connectivity index (χ0v) is 22.3. The van der Waals surface area contributed by atoms with Crippen molar-refractivity contribution >= 4 is 59.9 Å². The van der Waals surface area contributed by atoms with Gasteiger partial charge in [-0.05, 0) is 17.2 Å². The molecule has 1 aromatic heterocycles. The van der Waals surface area contributed by atoms with Gasteiger partial charge >= 0.3 is 5.97 Å². The number of carboxylic acid groups (broad SMARTS) is 1. The molecule has 7 N–H and O–H groups in total. The van der Waals surface area contributed by atoms with Crippen molar-refractivity contribution in [1.29, 1.82) is 0 Å². The number of rotatable bonds is 13. The highest BCUT2D eigenvalue weighted by Gasteiger charge is 2.30. The third-order valence-electron chi connectivity index (χ3n) is 5.98. The highest BCUT2D eigenvalue weighted by atomic mass is 32.1. The number of H-pyrrole nitrogens is 1. The molecular weight excluding hydrogens is 526 g/mol. The minimum atomic E-state index is -1.24. The van der Waals surface area contributed by atoms with E-state index in [1.54, 1.807) is 30.5 Å². The van der Waals surface area contributed by atoms with Gasteiger partial charge < -0.3 is 31.8 Å². The molecule has 3 rings (SSSR count). The predicted octanol–water partition coefficient (Wildman–Crippen LogP) is 0.679. The Morgan fingerprint density at radius 3 is 2.05 bits per heavy atom. The fraction of sp³-hybridized carbons (Fsp3) is 0.308. The van der Waals surface area contributed by atoms with Gasteiger partial charge in [0.15, 0.2) is 0 Å².